The molecule has 0 spiro atoms. The molecule has 104 valence electrons. The van der Waals surface area contributed by atoms with Crippen molar-refractivity contribution in [3.63, 3.8) is 0 Å². The summed E-state index contributed by atoms with van der Waals surface area (Å²) in [6.07, 6.45) is 0.103. The predicted molar refractivity (Wildman–Crippen MR) is 78.3 cm³/mol. The molecule has 0 fully saturated rings. The molecular formula is C16H17NO3. The number of phenols is 1. The van der Waals surface area contributed by atoms with E-state index in [1.165, 1.54) is 12.1 Å². The molecular weight excluding hydrogens is 254 g/mol. The van der Waals surface area contributed by atoms with Gasteiger partial charge in [0.2, 0.25) is 0 Å². The Morgan fingerprint density at radius 2 is 1.65 bits per heavy atom. The molecule has 0 atom stereocenters. The van der Waals surface area contributed by atoms with Gasteiger partial charge in [0.15, 0.2) is 0 Å². The maximum atomic E-state index is 12.0. The van der Waals surface area contributed by atoms with E-state index >= 15 is 0 Å². The lowest BCUT2D eigenvalue weighted by Crippen LogP contribution is -2.12. The minimum absolute atomic E-state index is 0.103. The Morgan fingerprint density at radius 3 is 2.20 bits per heavy atom. The van der Waals surface area contributed by atoms with Crippen LogP contribution in [0.4, 0.5) is 5.69 Å². The van der Waals surface area contributed by atoms with Crippen LogP contribution in [-0.4, -0.2) is 17.1 Å². The van der Waals surface area contributed by atoms with Crippen molar-refractivity contribution in [2.24, 2.45) is 0 Å². The van der Waals surface area contributed by atoms with E-state index in [0.717, 1.165) is 5.75 Å². The lowest BCUT2D eigenvalue weighted by atomic mass is 10.2. The number of rotatable bonds is 4. The molecule has 0 saturated heterocycles. The Labute approximate surface area is 118 Å². The van der Waals surface area contributed by atoms with E-state index in [4.69, 9.17) is 4.74 Å². The normalized spacial score (nSPS) is 10.3. The van der Waals surface area contributed by atoms with Crippen LogP contribution in [-0.2, 0) is 0 Å². The van der Waals surface area contributed by atoms with Gasteiger partial charge in [-0.05, 0) is 62.4 Å². The van der Waals surface area contributed by atoms with Gasteiger partial charge >= 0.3 is 0 Å². The van der Waals surface area contributed by atoms with Crippen molar-refractivity contribution in [3.8, 4) is 11.5 Å². The third-order valence-electron chi connectivity index (χ3n) is 2.61. The van der Waals surface area contributed by atoms with Crippen molar-refractivity contribution in [2.75, 3.05) is 5.32 Å². The van der Waals surface area contributed by atoms with Crippen molar-refractivity contribution < 1.29 is 14.6 Å². The van der Waals surface area contributed by atoms with Gasteiger partial charge in [0, 0.05) is 11.3 Å². The van der Waals surface area contributed by atoms with Crippen molar-refractivity contribution in [3.05, 3.63) is 54.1 Å². The van der Waals surface area contributed by atoms with Crippen LogP contribution in [0.3, 0.4) is 0 Å². The number of carbonyl (C=O) groups is 1. The number of phenolic OH excluding ortho intramolecular Hbond substituents is 1. The van der Waals surface area contributed by atoms with Gasteiger partial charge in [0.1, 0.15) is 11.5 Å². The average Bonchev–Trinajstić information content (AvgIpc) is 2.41. The minimum atomic E-state index is -0.202. The van der Waals surface area contributed by atoms with E-state index < -0.39 is 0 Å². The van der Waals surface area contributed by atoms with Gasteiger partial charge in [0.05, 0.1) is 6.10 Å². The maximum absolute atomic E-state index is 12.0. The van der Waals surface area contributed by atoms with Crippen molar-refractivity contribution in [1.82, 2.24) is 0 Å². The first-order valence-corrected chi connectivity index (χ1v) is 6.41. The lowest BCUT2D eigenvalue weighted by Gasteiger charge is -2.10. The largest absolute Gasteiger partial charge is 0.508 e. The topological polar surface area (TPSA) is 58.6 Å². The van der Waals surface area contributed by atoms with E-state index in [9.17, 15) is 9.90 Å². The summed E-state index contributed by atoms with van der Waals surface area (Å²) in [5, 5.41) is 11.9. The molecule has 0 radical (unpaired) electrons. The van der Waals surface area contributed by atoms with Crippen LogP contribution in [0.5, 0.6) is 11.5 Å². The van der Waals surface area contributed by atoms with Gasteiger partial charge in [-0.15, -0.1) is 0 Å². The molecule has 0 aromatic heterocycles. The number of hydrogen-bond donors (Lipinski definition) is 2. The van der Waals surface area contributed by atoms with E-state index in [2.05, 4.69) is 5.32 Å². The Hall–Kier alpha value is -2.49. The molecule has 0 heterocycles. The second-order valence-electron chi connectivity index (χ2n) is 4.69. The maximum Gasteiger partial charge on any atom is 0.255 e. The highest BCUT2D eigenvalue weighted by Crippen LogP contribution is 2.17. The standard InChI is InChI=1S/C16H17NO3/c1-11(2)20-15-9-3-12(4-10-15)16(19)17-13-5-7-14(18)8-6-13/h3-11,18H,1-2H3,(H,17,19). The highest BCUT2D eigenvalue weighted by Gasteiger charge is 2.06. The van der Waals surface area contributed by atoms with Gasteiger partial charge in [-0.1, -0.05) is 0 Å². The first-order chi connectivity index (χ1) is 9.54. The molecule has 0 unspecified atom stereocenters. The summed E-state index contributed by atoms with van der Waals surface area (Å²) in [6.45, 7) is 3.90. The fourth-order valence-corrected chi connectivity index (χ4v) is 1.71. The van der Waals surface area contributed by atoms with E-state index in [1.54, 1.807) is 36.4 Å². The van der Waals surface area contributed by atoms with Crippen LogP contribution >= 0.6 is 0 Å². The SMILES string of the molecule is CC(C)Oc1ccc(C(=O)Nc2ccc(O)cc2)cc1. The summed E-state index contributed by atoms with van der Waals surface area (Å²) in [6, 6.07) is 13.3. The average molecular weight is 271 g/mol. The zero-order chi connectivity index (χ0) is 14.5. The van der Waals surface area contributed by atoms with Crippen molar-refractivity contribution in [1.29, 1.82) is 0 Å². The van der Waals surface area contributed by atoms with E-state index in [0.29, 0.717) is 11.3 Å². The molecule has 2 aromatic carbocycles. The van der Waals surface area contributed by atoms with Crippen LogP contribution < -0.4 is 10.1 Å². The zero-order valence-electron chi connectivity index (χ0n) is 11.5. The number of nitrogens with one attached hydrogen (secondary N) is 1. The van der Waals surface area contributed by atoms with Crippen LogP contribution in [0.15, 0.2) is 48.5 Å². The first kappa shape index (κ1) is 13.9. The third kappa shape index (κ3) is 3.75. The van der Waals surface area contributed by atoms with Gasteiger partial charge in [-0.2, -0.15) is 0 Å². The molecule has 0 aliphatic heterocycles. The molecule has 4 nitrogen and oxygen atoms in total. The van der Waals surface area contributed by atoms with Gasteiger partial charge in [-0.3, -0.25) is 4.79 Å². The molecule has 0 bridgehead atoms. The monoisotopic (exact) mass is 271 g/mol. The van der Waals surface area contributed by atoms with Crippen LogP contribution in [0.1, 0.15) is 24.2 Å². The summed E-state index contributed by atoms with van der Waals surface area (Å²) in [5.41, 5.74) is 1.18. The summed E-state index contributed by atoms with van der Waals surface area (Å²) in [5.74, 6) is 0.700. The highest BCUT2D eigenvalue weighted by atomic mass is 16.5. The third-order valence-corrected chi connectivity index (χ3v) is 2.61. The number of amides is 1. The van der Waals surface area contributed by atoms with Gasteiger partial charge < -0.3 is 15.2 Å². The highest BCUT2D eigenvalue weighted by molar-refractivity contribution is 6.04. The minimum Gasteiger partial charge on any atom is -0.508 e. The Bertz CT molecular complexity index is 574. The molecule has 1 amide bonds. The number of ether oxygens (including phenoxy) is 1. The molecule has 2 aromatic rings. The van der Waals surface area contributed by atoms with Gasteiger partial charge in [0.25, 0.3) is 5.91 Å². The summed E-state index contributed by atoms with van der Waals surface area (Å²) >= 11 is 0. The summed E-state index contributed by atoms with van der Waals surface area (Å²) in [7, 11) is 0. The van der Waals surface area contributed by atoms with E-state index in [1.807, 2.05) is 13.8 Å². The predicted octanol–water partition coefficient (Wildman–Crippen LogP) is 3.43. The second-order valence-corrected chi connectivity index (χ2v) is 4.69. The summed E-state index contributed by atoms with van der Waals surface area (Å²) < 4.78 is 5.52. The first-order valence-electron chi connectivity index (χ1n) is 6.41. The fraction of sp³-hybridized carbons (Fsp3) is 0.188. The lowest BCUT2D eigenvalue weighted by molar-refractivity contribution is 0.102. The Kier molecular flexibility index (Phi) is 4.25. The van der Waals surface area contributed by atoms with Crippen LogP contribution in [0.2, 0.25) is 0 Å². The van der Waals surface area contributed by atoms with Crippen molar-refractivity contribution >= 4 is 11.6 Å². The Morgan fingerprint density at radius 1 is 1.05 bits per heavy atom. The molecule has 20 heavy (non-hydrogen) atoms. The van der Waals surface area contributed by atoms with Gasteiger partial charge in [-0.25, -0.2) is 0 Å². The van der Waals surface area contributed by atoms with Crippen molar-refractivity contribution in [2.45, 2.75) is 20.0 Å². The molecule has 0 aliphatic rings. The molecule has 0 aliphatic carbocycles. The molecule has 2 N–H and O–H groups in total. The quantitative estimate of drug-likeness (QED) is 0.837. The number of benzene rings is 2. The fourth-order valence-electron chi connectivity index (χ4n) is 1.71. The number of aromatic hydroxyl groups is 1. The molecule has 2 rings (SSSR count). The number of hydrogen-bond acceptors (Lipinski definition) is 3. The molecule has 4 heteroatoms. The smallest absolute Gasteiger partial charge is 0.255 e. The summed E-state index contributed by atoms with van der Waals surface area (Å²) in [4.78, 5) is 12.0. The van der Waals surface area contributed by atoms with Crippen LogP contribution in [0, 0.1) is 0 Å². The Balaban J connectivity index is 2.03. The number of carbonyl (C=O) groups excluding carboxylic acids is 1. The van der Waals surface area contributed by atoms with Crippen LogP contribution in [0.25, 0.3) is 0 Å². The number of anilines is 1. The second kappa shape index (κ2) is 6.10. The zero-order valence-corrected chi connectivity index (χ0v) is 11.5. The van der Waals surface area contributed by atoms with E-state index in [-0.39, 0.29) is 17.8 Å². The molecule has 0 saturated carbocycles.